The maximum absolute atomic E-state index is 12.0. The molecule has 0 radical (unpaired) electrons. The number of ether oxygens (including phenoxy) is 1. The summed E-state index contributed by atoms with van der Waals surface area (Å²) in [6.45, 7) is 10.4. The molecule has 1 fully saturated rings. The molecular formula is C23H34N8O2. The fourth-order valence-corrected chi connectivity index (χ4v) is 3.99. The zero-order valence-corrected chi connectivity index (χ0v) is 19.7. The van der Waals surface area contributed by atoms with Crippen molar-refractivity contribution in [3.63, 3.8) is 0 Å². The third-order valence-corrected chi connectivity index (χ3v) is 6.06. The van der Waals surface area contributed by atoms with E-state index in [1.807, 2.05) is 25.2 Å². The molecule has 0 unspecified atom stereocenters. The number of amides is 1. The normalized spacial score (nSPS) is 15.4. The van der Waals surface area contributed by atoms with Gasteiger partial charge in [-0.3, -0.25) is 9.20 Å². The van der Waals surface area contributed by atoms with E-state index in [1.165, 1.54) is 0 Å². The number of aromatic nitrogens is 4. The van der Waals surface area contributed by atoms with Crippen LogP contribution in [0.1, 0.15) is 32.5 Å². The van der Waals surface area contributed by atoms with E-state index in [4.69, 9.17) is 15.5 Å². The first-order chi connectivity index (χ1) is 16.0. The van der Waals surface area contributed by atoms with Crippen molar-refractivity contribution in [1.29, 1.82) is 0 Å². The molecule has 4 N–H and O–H groups in total. The molecule has 33 heavy (non-hydrogen) atoms. The highest BCUT2D eigenvalue weighted by Crippen LogP contribution is 2.26. The van der Waals surface area contributed by atoms with Crippen molar-refractivity contribution in [2.24, 2.45) is 11.7 Å². The fourth-order valence-electron chi connectivity index (χ4n) is 3.99. The van der Waals surface area contributed by atoms with E-state index >= 15 is 0 Å². The summed E-state index contributed by atoms with van der Waals surface area (Å²) in [7, 11) is 0. The Bertz CT molecular complexity index is 1110. The topological polar surface area (TPSA) is 123 Å². The molecule has 178 valence electrons. The lowest BCUT2D eigenvalue weighted by atomic mass is 10.1. The third kappa shape index (κ3) is 5.17. The van der Waals surface area contributed by atoms with Crippen LogP contribution in [0, 0.1) is 12.8 Å². The molecule has 10 heteroatoms. The lowest BCUT2D eigenvalue weighted by Gasteiger charge is -2.29. The van der Waals surface area contributed by atoms with Crippen LogP contribution in [0.4, 0.5) is 11.5 Å². The summed E-state index contributed by atoms with van der Waals surface area (Å²) >= 11 is 0. The van der Waals surface area contributed by atoms with Gasteiger partial charge < -0.3 is 26.0 Å². The quantitative estimate of drug-likeness (QED) is 0.418. The molecule has 1 aromatic carbocycles. The highest BCUT2D eigenvalue weighted by Gasteiger charge is 2.17. The number of nitrogens with one attached hydrogen (secondary N) is 2. The average molecular weight is 455 g/mol. The van der Waals surface area contributed by atoms with Crippen molar-refractivity contribution in [3.8, 4) is 0 Å². The van der Waals surface area contributed by atoms with E-state index in [0.29, 0.717) is 12.4 Å². The number of anilines is 2. The number of fused-ring (bicyclic) bond motifs is 3. The molecule has 1 amide bonds. The van der Waals surface area contributed by atoms with Gasteiger partial charge in [0.2, 0.25) is 11.6 Å². The number of carbonyl (C=O) groups excluding carboxylic acids is 1. The SMILES string of the molecule is Cc1nnc2c(NCCCCNC(=O)[C@@H](N)C(C)C)nc3cc(N4CCOCC4)ccc3n12. The first-order valence-corrected chi connectivity index (χ1v) is 11.7. The number of hydrogen-bond acceptors (Lipinski definition) is 8. The molecule has 3 heterocycles. The molecule has 3 aromatic rings. The summed E-state index contributed by atoms with van der Waals surface area (Å²) in [5.74, 6) is 1.58. The number of unbranched alkanes of at least 4 members (excludes halogenated alkanes) is 1. The lowest BCUT2D eigenvalue weighted by molar-refractivity contribution is -0.123. The summed E-state index contributed by atoms with van der Waals surface area (Å²) in [6, 6.07) is 5.88. The van der Waals surface area contributed by atoms with E-state index in [1.54, 1.807) is 0 Å². The first-order valence-electron chi connectivity index (χ1n) is 11.7. The van der Waals surface area contributed by atoms with E-state index in [9.17, 15) is 4.79 Å². The Labute approximate surface area is 193 Å². The maximum atomic E-state index is 12.0. The first kappa shape index (κ1) is 23.2. The Balaban J connectivity index is 1.43. The number of morpholine rings is 1. The molecule has 2 aromatic heterocycles. The molecule has 1 atom stereocenters. The molecule has 10 nitrogen and oxygen atoms in total. The van der Waals surface area contributed by atoms with Crippen molar-refractivity contribution in [2.75, 3.05) is 49.6 Å². The van der Waals surface area contributed by atoms with E-state index in [0.717, 1.165) is 73.9 Å². The van der Waals surface area contributed by atoms with Crippen LogP contribution in [0.25, 0.3) is 16.7 Å². The van der Waals surface area contributed by atoms with Crippen molar-refractivity contribution in [1.82, 2.24) is 24.9 Å². The van der Waals surface area contributed by atoms with Crippen LogP contribution in [0.15, 0.2) is 18.2 Å². The molecule has 0 aliphatic carbocycles. The molecular weight excluding hydrogens is 420 g/mol. The molecule has 0 spiro atoms. The Morgan fingerprint density at radius 1 is 1.18 bits per heavy atom. The van der Waals surface area contributed by atoms with Gasteiger partial charge in [-0.25, -0.2) is 4.98 Å². The van der Waals surface area contributed by atoms with Crippen LogP contribution in [-0.2, 0) is 9.53 Å². The van der Waals surface area contributed by atoms with Gasteiger partial charge in [-0.1, -0.05) is 13.8 Å². The van der Waals surface area contributed by atoms with Gasteiger partial charge in [-0.2, -0.15) is 0 Å². The minimum atomic E-state index is -0.461. The Morgan fingerprint density at radius 2 is 1.94 bits per heavy atom. The predicted octanol–water partition coefficient (Wildman–Crippen LogP) is 1.71. The Kier molecular flexibility index (Phi) is 7.24. The zero-order valence-electron chi connectivity index (χ0n) is 19.7. The van der Waals surface area contributed by atoms with E-state index < -0.39 is 6.04 Å². The van der Waals surface area contributed by atoms with Gasteiger partial charge in [0.05, 0.1) is 30.3 Å². The van der Waals surface area contributed by atoms with Crippen LogP contribution >= 0.6 is 0 Å². The second kappa shape index (κ2) is 10.3. The summed E-state index contributed by atoms with van der Waals surface area (Å²) in [4.78, 5) is 19.2. The molecule has 1 aliphatic heterocycles. The van der Waals surface area contributed by atoms with E-state index in [-0.39, 0.29) is 11.8 Å². The van der Waals surface area contributed by atoms with Crippen LogP contribution < -0.4 is 21.3 Å². The van der Waals surface area contributed by atoms with Crippen molar-refractivity contribution in [2.45, 2.75) is 39.7 Å². The van der Waals surface area contributed by atoms with Crippen molar-refractivity contribution in [3.05, 3.63) is 24.0 Å². The maximum Gasteiger partial charge on any atom is 0.237 e. The van der Waals surface area contributed by atoms with Gasteiger partial charge >= 0.3 is 0 Å². The van der Waals surface area contributed by atoms with Crippen LogP contribution in [-0.4, -0.2) is 70.9 Å². The van der Waals surface area contributed by atoms with Gasteiger partial charge in [-0.15, -0.1) is 10.2 Å². The summed E-state index contributed by atoms with van der Waals surface area (Å²) in [6.07, 6.45) is 1.73. The summed E-state index contributed by atoms with van der Waals surface area (Å²) in [5.41, 5.74) is 9.62. The standard InChI is InChI=1S/C23H34N8O2/c1-15(2)20(24)23(32)26-9-5-4-8-25-21-22-29-28-16(3)31(22)19-7-6-17(14-18(19)27-21)30-10-12-33-13-11-30/h6-7,14-15,20H,4-5,8-13,24H2,1-3H3,(H,25,27)(H,26,32)/t20-/m0/s1. The predicted molar refractivity (Wildman–Crippen MR) is 130 cm³/mol. The van der Waals surface area contributed by atoms with Gasteiger partial charge in [0.1, 0.15) is 5.82 Å². The summed E-state index contributed by atoms with van der Waals surface area (Å²) in [5, 5.41) is 14.9. The number of benzene rings is 1. The second-order valence-electron chi connectivity index (χ2n) is 8.83. The number of rotatable bonds is 9. The monoisotopic (exact) mass is 454 g/mol. The third-order valence-electron chi connectivity index (χ3n) is 6.06. The highest BCUT2D eigenvalue weighted by atomic mass is 16.5. The van der Waals surface area contributed by atoms with E-state index in [2.05, 4.69) is 43.9 Å². The Morgan fingerprint density at radius 3 is 2.70 bits per heavy atom. The smallest absolute Gasteiger partial charge is 0.237 e. The number of aryl methyl sites for hydroxylation is 1. The van der Waals surface area contributed by atoms with Crippen molar-refractivity contribution >= 4 is 34.1 Å². The lowest BCUT2D eigenvalue weighted by Crippen LogP contribution is -2.44. The van der Waals surface area contributed by atoms with Crippen LogP contribution in [0.3, 0.4) is 0 Å². The molecule has 1 aliphatic rings. The minimum absolute atomic E-state index is 0.0918. The molecule has 4 rings (SSSR count). The molecule has 1 saturated heterocycles. The van der Waals surface area contributed by atoms with Gasteiger partial charge in [0.15, 0.2) is 5.82 Å². The molecule has 0 bridgehead atoms. The zero-order chi connectivity index (χ0) is 23.4. The minimum Gasteiger partial charge on any atom is -0.378 e. The van der Waals surface area contributed by atoms with Gasteiger partial charge in [-0.05, 0) is 43.9 Å². The summed E-state index contributed by atoms with van der Waals surface area (Å²) < 4.78 is 7.52. The Hall–Kier alpha value is -2.98. The van der Waals surface area contributed by atoms with Crippen molar-refractivity contribution < 1.29 is 9.53 Å². The highest BCUT2D eigenvalue weighted by molar-refractivity contribution is 5.85. The van der Waals surface area contributed by atoms with Crippen LogP contribution in [0.2, 0.25) is 0 Å². The number of nitrogens with two attached hydrogens (primary N) is 1. The number of hydrogen-bond donors (Lipinski definition) is 3. The average Bonchev–Trinajstić information content (AvgIpc) is 3.22. The largest absolute Gasteiger partial charge is 0.378 e. The van der Waals surface area contributed by atoms with Gasteiger partial charge in [0, 0.05) is 31.9 Å². The second-order valence-corrected chi connectivity index (χ2v) is 8.83. The van der Waals surface area contributed by atoms with Gasteiger partial charge in [0.25, 0.3) is 0 Å². The van der Waals surface area contributed by atoms with Crippen LogP contribution in [0.5, 0.6) is 0 Å². The molecule has 0 saturated carbocycles. The number of carbonyl (C=O) groups is 1. The number of nitrogens with zero attached hydrogens (tertiary/aromatic N) is 5. The fraction of sp³-hybridized carbons (Fsp3) is 0.565.